The molecular weight excluding hydrogens is 188 g/mol. The molecule has 2 aromatic rings. The summed E-state index contributed by atoms with van der Waals surface area (Å²) in [5.41, 5.74) is 2.31. The molecule has 0 unspecified atom stereocenters. The standard InChI is InChI=1S/C11H14N4/c1-2-12-7-10-5-3-4-6-11(10)15-9-13-8-14-15/h3-6,8-9,12H,2,7H2,1H3. The van der Waals surface area contributed by atoms with Crippen molar-refractivity contribution in [3.05, 3.63) is 42.5 Å². The van der Waals surface area contributed by atoms with Gasteiger partial charge in [-0.25, -0.2) is 9.67 Å². The third kappa shape index (κ3) is 2.22. The molecule has 4 nitrogen and oxygen atoms in total. The van der Waals surface area contributed by atoms with E-state index in [9.17, 15) is 0 Å². The molecule has 2 rings (SSSR count). The third-order valence-corrected chi connectivity index (χ3v) is 2.22. The first-order valence-electron chi connectivity index (χ1n) is 5.05. The van der Waals surface area contributed by atoms with E-state index in [1.165, 1.54) is 5.56 Å². The summed E-state index contributed by atoms with van der Waals surface area (Å²) in [6, 6.07) is 8.18. The minimum absolute atomic E-state index is 0.854. The smallest absolute Gasteiger partial charge is 0.138 e. The Kier molecular flexibility index (Phi) is 3.09. The molecule has 4 heteroatoms. The zero-order valence-corrected chi connectivity index (χ0v) is 8.72. The number of nitrogens with one attached hydrogen (secondary N) is 1. The molecular formula is C11H14N4. The van der Waals surface area contributed by atoms with Gasteiger partial charge in [0.15, 0.2) is 0 Å². The Hall–Kier alpha value is -1.68. The van der Waals surface area contributed by atoms with Crippen LogP contribution in [0.15, 0.2) is 36.9 Å². The molecule has 1 aromatic heterocycles. The predicted molar refractivity (Wildman–Crippen MR) is 58.7 cm³/mol. The monoisotopic (exact) mass is 202 g/mol. The van der Waals surface area contributed by atoms with Crippen molar-refractivity contribution in [2.24, 2.45) is 0 Å². The van der Waals surface area contributed by atoms with Gasteiger partial charge in [-0.05, 0) is 18.2 Å². The van der Waals surface area contributed by atoms with Gasteiger partial charge in [0.1, 0.15) is 12.7 Å². The topological polar surface area (TPSA) is 42.7 Å². The molecule has 0 amide bonds. The average Bonchev–Trinajstić information content (AvgIpc) is 2.80. The molecule has 0 aliphatic carbocycles. The molecule has 1 N–H and O–H groups in total. The van der Waals surface area contributed by atoms with E-state index in [0.29, 0.717) is 0 Å². The quantitative estimate of drug-likeness (QED) is 0.814. The number of nitrogens with zero attached hydrogens (tertiary/aromatic N) is 3. The van der Waals surface area contributed by atoms with Crippen molar-refractivity contribution >= 4 is 0 Å². The molecule has 15 heavy (non-hydrogen) atoms. The van der Waals surface area contributed by atoms with Gasteiger partial charge in [-0.3, -0.25) is 0 Å². The predicted octanol–water partition coefficient (Wildman–Crippen LogP) is 1.38. The lowest BCUT2D eigenvalue weighted by Gasteiger charge is -2.08. The van der Waals surface area contributed by atoms with Gasteiger partial charge in [0.25, 0.3) is 0 Å². The van der Waals surface area contributed by atoms with Gasteiger partial charge < -0.3 is 5.32 Å². The Bertz CT molecular complexity index is 408. The minimum atomic E-state index is 0.854. The van der Waals surface area contributed by atoms with E-state index in [1.807, 2.05) is 18.2 Å². The Morgan fingerprint density at radius 1 is 1.33 bits per heavy atom. The summed E-state index contributed by atoms with van der Waals surface area (Å²) in [7, 11) is 0. The van der Waals surface area contributed by atoms with Crippen LogP contribution in [0.4, 0.5) is 0 Å². The van der Waals surface area contributed by atoms with Crippen LogP contribution in [0, 0.1) is 0 Å². The Morgan fingerprint density at radius 2 is 2.20 bits per heavy atom. The maximum Gasteiger partial charge on any atom is 0.138 e. The second-order valence-electron chi connectivity index (χ2n) is 3.25. The normalized spacial score (nSPS) is 10.5. The first-order valence-corrected chi connectivity index (χ1v) is 5.05. The van der Waals surface area contributed by atoms with E-state index < -0.39 is 0 Å². The molecule has 0 aliphatic rings. The fourth-order valence-corrected chi connectivity index (χ4v) is 1.48. The van der Waals surface area contributed by atoms with E-state index in [0.717, 1.165) is 18.8 Å². The highest BCUT2D eigenvalue weighted by atomic mass is 15.3. The van der Waals surface area contributed by atoms with E-state index in [1.54, 1.807) is 17.3 Å². The number of rotatable bonds is 4. The van der Waals surface area contributed by atoms with Gasteiger partial charge in [0.2, 0.25) is 0 Å². The van der Waals surface area contributed by atoms with E-state index in [2.05, 4.69) is 28.4 Å². The van der Waals surface area contributed by atoms with Crippen molar-refractivity contribution in [2.75, 3.05) is 6.54 Å². The molecule has 1 aromatic carbocycles. The Balaban J connectivity index is 2.30. The largest absolute Gasteiger partial charge is 0.313 e. The van der Waals surface area contributed by atoms with Crippen LogP contribution in [0.3, 0.4) is 0 Å². The fraction of sp³-hybridized carbons (Fsp3) is 0.273. The maximum absolute atomic E-state index is 4.13. The van der Waals surface area contributed by atoms with Crippen LogP contribution in [0.1, 0.15) is 12.5 Å². The minimum Gasteiger partial charge on any atom is -0.313 e. The number of hydrogen-bond donors (Lipinski definition) is 1. The Morgan fingerprint density at radius 3 is 2.93 bits per heavy atom. The number of para-hydroxylation sites is 1. The average molecular weight is 202 g/mol. The van der Waals surface area contributed by atoms with E-state index in [-0.39, 0.29) is 0 Å². The molecule has 1 heterocycles. The lowest BCUT2D eigenvalue weighted by molar-refractivity contribution is 0.717. The van der Waals surface area contributed by atoms with Crippen LogP contribution in [0.5, 0.6) is 0 Å². The highest BCUT2D eigenvalue weighted by molar-refractivity contribution is 5.39. The molecule has 0 saturated heterocycles. The van der Waals surface area contributed by atoms with Gasteiger partial charge in [-0.1, -0.05) is 25.1 Å². The fourth-order valence-electron chi connectivity index (χ4n) is 1.48. The second-order valence-corrected chi connectivity index (χ2v) is 3.25. The molecule has 0 atom stereocenters. The van der Waals surface area contributed by atoms with Crippen LogP contribution in [-0.2, 0) is 6.54 Å². The van der Waals surface area contributed by atoms with E-state index >= 15 is 0 Å². The summed E-state index contributed by atoms with van der Waals surface area (Å²) in [6.45, 7) is 3.91. The van der Waals surface area contributed by atoms with Crippen LogP contribution in [0.25, 0.3) is 5.69 Å². The third-order valence-electron chi connectivity index (χ3n) is 2.22. The summed E-state index contributed by atoms with van der Waals surface area (Å²) >= 11 is 0. The first kappa shape index (κ1) is 9.86. The molecule has 0 aliphatic heterocycles. The summed E-state index contributed by atoms with van der Waals surface area (Å²) in [4.78, 5) is 3.95. The van der Waals surface area contributed by atoms with Crippen LogP contribution in [0.2, 0.25) is 0 Å². The SMILES string of the molecule is CCNCc1ccccc1-n1cncn1. The number of hydrogen-bond acceptors (Lipinski definition) is 3. The zero-order valence-electron chi connectivity index (χ0n) is 8.72. The molecule has 0 saturated carbocycles. The summed E-state index contributed by atoms with van der Waals surface area (Å²) in [5, 5.41) is 7.44. The lowest BCUT2D eigenvalue weighted by Crippen LogP contribution is -2.13. The van der Waals surface area contributed by atoms with Crippen molar-refractivity contribution in [1.29, 1.82) is 0 Å². The van der Waals surface area contributed by atoms with Crippen molar-refractivity contribution in [3.63, 3.8) is 0 Å². The summed E-state index contributed by atoms with van der Waals surface area (Å²) < 4.78 is 1.78. The second kappa shape index (κ2) is 4.70. The maximum atomic E-state index is 4.13. The van der Waals surface area contributed by atoms with Crippen LogP contribution >= 0.6 is 0 Å². The molecule has 0 radical (unpaired) electrons. The van der Waals surface area contributed by atoms with Gasteiger partial charge in [-0.2, -0.15) is 5.10 Å². The van der Waals surface area contributed by atoms with Crippen molar-refractivity contribution in [3.8, 4) is 5.69 Å². The molecule has 0 bridgehead atoms. The van der Waals surface area contributed by atoms with Gasteiger partial charge >= 0.3 is 0 Å². The van der Waals surface area contributed by atoms with Crippen LogP contribution < -0.4 is 5.32 Å². The summed E-state index contributed by atoms with van der Waals surface area (Å²) in [5.74, 6) is 0. The van der Waals surface area contributed by atoms with Crippen molar-refractivity contribution < 1.29 is 0 Å². The molecule has 0 fully saturated rings. The molecule has 78 valence electrons. The van der Waals surface area contributed by atoms with Crippen molar-refractivity contribution in [1.82, 2.24) is 20.1 Å². The summed E-state index contributed by atoms with van der Waals surface area (Å²) in [6.07, 6.45) is 3.26. The van der Waals surface area contributed by atoms with Crippen molar-refractivity contribution in [2.45, 2.75) is 13.5 Å². The zero-order chi connectivity index (χ0) is 10.5. The first-order chi connectivity index (χ1) is 7.42. The van der Waals surface area contributed by atoms with E-state index in [4.69, 9.17) is 0 Å². The highest BCUT2D eigenvalue weighted by Crippen LogP contribution is 2.12. The Labute approximate surface area is 89.0 Å². The number of aromatic nitrogens is 3. The number of benzene rings is 1. The lowest BCUT2D eigenvalue weighted by atomic mass is 10.2. The molecule has 0 spiro atoms. The van der Waals surface area contributed by atoms with Gasteiger partial charge in [0.05, 0.1) is 5.69 Å². The van der Waals surface area contributed by atoms with Gasteiger partial charge in [-0.15, -0.1) is 0 Å². The van der Waals surface area contributed by atoms with Gasteiger partial charge in [0, 0.05) is 6.54 Å². The highest BCUT2D eigenvalue weighted by Gasteiger charge is 2.02. The van der Waals surface area contributed by atoms with Crippen LogP contribution in [-0.4, -0.2) is 21.3 Å².